The van der Waals surface area contributed by atoms with Gasteiger partial charge in [-0.3, -0.25) is 4.98 Å². The normalized spacial score (nSPS) is 13.2. The first-order valence-electron chi connectivity index (χ1n) is 6.82. The average molecular weight is 287 g/mol. The van der Waals surface area contributed by atoms with Crippen LogP contribution in [0.25, 0.3) is 0 Å². The van der Waals surface area contributed by atoms with Gasteiger partial charge in [-0.15, -0.1) is 0 Å². The van der Waals surface area contributed by atoms with Gasteiger partial charge in [0.25, 0.3) is 0 Å². The predicted molar refractivity (Wildman–Crippen MR) is 82.5 cm³/mol. The zero-order chi connectivity index (χ0) is 14.4. The summed E-state index contributed by atoms with van der Waals surface area (Å²) in [5.74, 6) is 0. The topological polar surface area (TPSA) is 31.4 Å². The minimum atomic E-state index is -2.16. The van der Waals surface area contributed by atoms with Gasteiger partial charge in [0.05, 0.1) is 12.7 Å². The molecule has 0 aliphatic heterocycles. The Labute approximate surface area is 121 Å². The van der Waals surface area contributed by atoms with Gasteiger partial charge in [-0.1, -0.05) is 36.4 Å². The number of aromatic nitrogens is 1. The summed E-state index contributed by atoms with van der Waals surface area (Å²) in [5, 5.41) is 0. The molecule has 20 heavy (non-hydrogen) atoms. The molecule has 0 saturated carbocycles. The summed E-state index contributed by atoms with van der Waals surface area (Å²) in [6.45, 7) is 6.76. The first-order valence-corrected chi connectivity index (χ1v) is 9.64. The molecular weight excluding hydrogens is 266 g/mol. The number of rotatable bonds is 6. The number of hydrogen-bond donors (Lipinski definition) is 0. The van der Waals surface area contributed by atoms with Crippen molar-refractivity contribution in [2.45, 2.75) is 32.7 Å². The molecule has 0 saturated heterocycles. The number of benzene rings is 1. The van der Waals surface area contributed by atoms with Crippen molar-refractivity contribution < 1.29 is 8.85 Å². The lowest BCUT2D eigenvalue weighted by Gasteiger charge is -2.27. The van der Waals surface area contributed by atoms with Gasteiger partial charge in [0.15, 0.2) is 0 Å². The average Bonchev–Trinajstić information content (AvgIpc) is 2.47. The van der Waals surface area contributed by atoms with Crippen LogP contribution in [0.2, 0.25) is 13.1 Å². The smallest absolute Gasteiger partial charge is 0.332 e. The van der Waals surface area contributed by atoms with E-state index in [0.29, 0.717) is 6.61 Å². The molecule has 3 nitrogen and oxygen atoms in total. The van der Waals surface area contributed by atoms with E-state index in [1.54, 1.807) is 6.20 Å². The van der Waals surface area contributed by atoms with Crippen molar-refractivity contribution in [2.24, 2.45) is 0 Å². The largest absolute Gasteiger partial charge is 0.390 e. The maximum atomic E-state index is 6.14. The number of nitrogens with zero attached hydrogens (tertiary/aromatic N) is 1. The van der Waals surface area contributed by atoms with Crippen LogP contribution >= 0.6 is 0 Å². The standard InChI is InChI=1S/C16H21NO2Si/c1-14(16-9-5-4-6-10-16)19-20(2,3)18-13-15-8-7-11-17-12-15/h4-12,14H,13H2,1-3H3. The number of hydrogen-bond acceptors (Lipinski definition) is 3. The Morgan fingerprint density at radius 1 is 1.10 bits per heavy atom. The Hall–Kier alpha value is -1.49. The van der Waals surface area contributed by atoms with Crippen molar-refractivity contribution in [3.63, 3.8) is 0 Å². The Balaban J connectivity index is 1.90. The van der Waals surface area contributed by atoms with Gasteiger partial charge >= 0.3 is 8.56 Å². The molecule has 1 aromatic carbocycles. The summed E-state index contributed by atoms with van der Waals surface area (Å²) in [5.41, 5.74) is 2.25. The van der Waals surface area contributed by atoms with Gasteiger partial charge in [-0.2, -0.15) is 0 Å². The molecule has 4 heteroatoms. The second-order valence-electron chi connectivity index (χ2n) is 5.22. The Kier molecular flexibility index (Phi) is 5.06. The second-order valence-corrected chi connectivity index (χ2v) is 8.54. The molecule has 0 fully saturated rings. The fourth-order valence-corrected chi connectivity index (χ4v) is 3.56. The highest BCUT2D eigenvalue weighted by Gasteiger charge is 2.27. The number of pyridine rings is 1. The summed E-state index contributed by atoms with van der Waals surface area (Å²) in [7, 11) is -2.16. The Morgan fingerprint density at radius 3 is 2.50 bits per heavy atom. The molecule has 0 radical (unpaired) electrons. The van der Waals surface area contributed by atoms with Crippen LogP contribution in [0.1, 0.15) is 24.2 Å². The third kappa shape index (κ3) is 4.56. The van der Waals surface area contributed by atoms with E-state index in [-0.39, 0.29) is 6.10 Å². The zero-order valence-corrected chi connectivity index (χ0v) is 13.2. The predicted octanol–water partition coefficient (Wildman–Crippen LogP) is 4.08. The molecule has 0 aliphatic carbocycles. The lowest BCUT2D eigenvalue weighted by atomic mass is 10.1. The Morgan fingerprint density at radius 2 is 1.85 bits per heavy atom. The van der Waals surface area contributed by atoms with E-state index in [4.69, 9.17) is 8.85 Å². The lowest BCUT2D eigenvalue weighted by Crippen LogP contribution is -2.35. The molecule has 0 spiro atoms. The molecular formula is C16H21NO2Si. The van der Waals surface area contributed by atoms with Gasteiger partial charge < -0.3 is 8.85 Å². The summed E-state index contributed by atoms with van der Waals surface area (Å²) in [6.07, 6.45) is 3.64. The summed E-state index contributed by atoms with van der Waals surface area (Å²) in [6, 6.07) is 14.2. The SMILES string of the molecule is CC(O[Si](C)(C)OCc1cccnc1)c1ccccc1. The highest BCUT2D eigenvalue weighted by Crippen LogP contribution is 2.22. The van der Waals surface area contributed by atoms with E-state index in [2.05, 4.69) is 37.1 Å². The summed E-state index contributed by atoms with van der Waals surface area (Å²) < 4.78 is 12.1. The molecule has 0 aliphatic rings. The van der Waals surface area contributed by atoms with Gasteiger partial charge in [-0.25, -0.2) is 0 Å². The molecule has 0 bridgehead atoms. The van der Waals surface area contributed by atoms with Crippen molar-refractivity contribution in [2.75, 3.05) is 0 Å². The van der Waals surface area contributed by atoms with Crippen molar-refractivity contribution in [3.05, 3.63) is 66.0 Å². The Bertz CT molecular complexity index is 517. The van der Waals surface area contributed by atoms with Crippen molar-refractivity contribution in [1.82, 2.24) is 4.98 Å². The molecule has 2 aromatic rings. The molecule has 1 unspecified atom stereocenters. The molecule has 106 valence electrons. The zero-order valence-electron chi connectivity index (χ0n) is 12.2. The highest BCUT2D eigenvalue weighted by molar-refractivity contribution is 6.64. The van der Waals surface area contributed by atoms with Gasteiger partial charge in [0, 0.05) is 12.4 Å². The van der Waals surface area contributed by atoms with E-state index in [1.807, 2.05) is 36.5 Å². The fraction of sp³-hybridized carbons (Fsp3) is 0.312. The van der Waals surface area contributed by atoms with E-state index < -0.39 is 8.56 Å². The summed E-state index contributed by atoms with van der Waals surface area (Å²) >= 11 is 0. The third-order valence-corrected chi connectivity index (χ3v) is 4.80. The molecule has 1 aromatic heterocycles. The monoisotopic (exact) mass is 287 g/mol. The van der Waals surface area contributed by atoms with Crippen molar-refractivity contribution in [1.29, 1.82) is 0 Å². The van der Waals surface area contributed by atoms with Crippen molar-refractivity contribution in [3.8, 4) is 0 Å². The second kappa shape index (κ2) is 6.79. The van der Waals surface area contributed by atoms with E-state index >= 15 is 0 Å². The van der Waals surface area contributed by atoms with Crippen LogP contribution in [-0.2, 0) is 15.5 Å². The van der Waals surface area contributed by atoms with Crippen LogP contribution < -0.4 is 0 Å². The molecule has 0 N–H and O–H groups in total. The highest BCUT2D eigenvalue weighted by atomic mass is 28.4. The minimum Gasteiger partial charge on any atom is -0.390 e. The minimum absolute atomic E-state index is 0.0479. The van der Waals surface area contributed by atoms with Crippen LogP contribution in [0.15, 0.2) is 54.9 Å². The quantitative estimate of drug-likeness (QED) is 0.750. The first-order chi connectivity index (χ1) is 9.57. The maximum Gasteiger partial charge on any atom is 0.332 e. The maximum absolute atomic E-state index is 6.14. The molecule has 1 atom stereocenters. The van der Waals surface area contributed by atoms with Crippen LogP contribution in [0.3, 0.4) is 0 Å². The fourth-order valence-electron chi connectivity index (χ4n) is 1.99. The van der Waals surface area contributed by atoms with Gasteiger partial charge in [-0.05, 0) is 37.2 Å². The van der Waals surface area contributed by atoms with E-state index in [0.717, 1.165) is 5.56 Å². The van der Waals surface area contributed by atoms with Crippen LogP contribution in [0.4, 0.5) is 0 Å². The van der Waals surface area contributed by atoms with Gasteiger partial charge in [0.2, 0.25) is 0 Å². The lowest BCUT2D eigenvalue weighted by molar-refractivity contribution is 0.126. The van der Waals surface area contributed by atoms with Crippen molar-refractivity contribution >= 4 is 8.56 Å². The van der Waals surface area contributed by atoms with Crippen LogP contribution in [0, 0.1) is 0 Å². The van der Waals surface area contributed by atoms with E-state index in [9.17, 15) is 0 Å². The molecule has 1 heterocycles. The molecule has 0 amide bonds. The van der Waals surface area contributed by atoms with E-state index in [1.165, 1.54) is 5.56 Å². The third-order valence-electron chi connectivity index (χ3n) is 3.04. The summed E-state index contributed by atoms with van der Waals surface area (Å²) in [4.78, 5) is 4.09. The van der Waals surface area contributed by atoms with Crippen LogP contribution in [0.5, 0.6) is 0 Å². The van der Waals surface area contributed by atoms with Gasteiger partial charge in [0.1, 0.15) is 0 Å². The van der Waals surface area contributed by atoms with Crippen LogP contribution in [-0.4, -0.2) is 13.5 Å². The first kappa shape index (κ1) is 14.9. The molecule has 2 rings (SSSR count).